The molecule has 1 unspecified atom stereocenters. The fourth-order valence-corrected chi connectivity index (χ4v) is 1.08. The monoisotopic (exact) mass is 263 g/mol. The van der Waals surface area contributed by atoms with Gasteiger partial charge in [-0.05, 0) is 12.1 Å². The number of aliphatic hydroxyl groups is 1. The van der Waals surface area contributed by atoms with Crippen molar-refractivity contribution in [1.29, 1.82) is 0 Å². The van der Waals surface area contributed by atoms with Gasteiger partial charge in [0.1, 0.15) is 18.5 Å². The molecule has 0 bridgehead atoms. The molecule has 0 aliphatic heterocycles. The van der Waals surface area contributed by atoms with Crippen molar-refractivity contribution in [2.75, 3.05) is 13.2 Å². The highest BCUT2D eigenvalue weighted by Gasteiger charge is 2.38. The van der Waals surface area contributed by atoms with Crippen molar-refractivity contribution in [3.63, 3.8) is 0 Å². The SMILES string of the molecule is O=C(NCC(O)COc1ccccc1)C(F)(F)F. The lowest BCUT2D eigenvalue weighted by Crippen LogP contribution is -2.42. The minimum absolute atomic E-state index is 0.206. The summed E-state index contributed by atoms with van der Waals surface area (Å²) in [5.41, 5.74) is 0. The van der Waals surface area contributed by atoms with E-state index in [1.807, 2.05) is 0 Å². The standard InChI is InChI=1S/C11H12F3NO3/c12-11(13,14)10(17)15-6-8(16)7-18-9-4-2-1-3-5-9/h1-5,8,16H,6-7H2,(H,15,17). The van der Waals surface area contributed by atoms with Crippen LogP contribution >= 0.6 is 0 Å². The Morgan fingerprint density at radius 3 is 2.50 bits per heavy atom. The summed E-state index contributed by atoms with van der Waals surface area (Å²) >= 11 is 0. The maximum atomic E-state index is 11.8. The number of carbonyl (C=O) groups excluding carboxylic acids is 1. The third kappa shape index (κ3) is 5.05. The Morgan fingerprint density at radius 1 is 1.33 bits per heavy atom. The smallest absolute Gasteiger partial charge is 0.471 e. The number of aliphatic hydroxyl groups excluding tert-OH is 1. The van der Waals surface area contributed by atoms with Gasteiger partial charge in [0, 0.05) is 6.54 Å². The Balaban J connectivity index is 2.26. The number of hydrogen-bond acceptors (Lipinski definition) is 3. The van der Waals surface area contributed by atoms with Gasteiger partial charge in [-0.25, -0.2) is 0 Å². The summed E-state index contributed by atoms with van der Waals surface area (Å²) in [6.45, 7) is -0.729. The Labute approximate surface area is 101 Å². The maximum absolute atomic E-state index is 11.8. The van der Waals surface area contributed by atoms with E-state index in [-0.39, 0.29) is 6.61 Å². The van der Waals surface area contributed by atoms with Crippen LogP contribution in [0.5, 0.6) is 5.75 Å². The van der Waals surface area contributed by atoms with E-state index in [0.717, 1.165) is 0 Å². The number of halogens is 3. The maximum Gasteiger partial charge on any atom is 0.471 e. The van der Waals surface area contributed by atoms with Crippen LogP contribution in [0.1, 0.15) is 0 Å². The number of nitrogens with one attached hydrogen (secondary N) is 1. The number of hydrogen-bond donors (Lipinski definition) is 2. The lowest BCUT2D eigenvalue weighted by atomic mass is 10.3. The number of benzene rings is 1. The van der Waals surface area contributed by atoms with Crippen molar-refractivity contribution < 1.29 is 27.8 Å². The molecule has 1 rings (SSSR count). The van der Waals surface area contributed by atoms with E-state index in [4.69, 9.17) is 4.74 Å². The van der Waals surface area contributed by atoms with Crippen LogP contribution in [0.25, 0.3) is 0 Å². The third-order valence-corrected chi connectivity index (χ3v) is 1.94. The molecule has 1 atom stereocenters. The summed E-state index contributed by atoms with van der Waals surface area (Å²) in [5.74, 6) is -1.60. The van der Waals surface area contributed by atoms with Gasteiger partial charge in [-0.15, -0.1) is 0 Å². The first-order chi connectivity index (χ1) is 8.39. The molecule has 1 amide bonds. The van der Waals surface area contributed by atoms with Crippen molar-refractivity contribution in [2.45, 2.75) is 12.3 Å². The zero-order chi connectivity index (χ0) is 13.6. The quantitative estimate of drug-likeness (QED) is 0.836. The molecule has 0 fully saturated rings. The van der Waals surface area contributed by atoms with Gasteiger partial charge in [0.2, 0.25) is 0 Å². The molecule has 0 aromatic heterocycles. The van der Waals surface area contributed by atoms with Crippen LogP contribution in [0.4, 0.5) is 13.2 Å². The van der Waals surface area contributed by atoms with Crippen molar-refractivity contribution in [2.24, 2.45) is 0 Å². The van der Waals surface area contributed by atoms with Crippen molar-refractivity contribution in [1.82, 2.24) is 5.32 Å². The Morgan fingerprint density at radius 2 is 1.94 bits per heavy atom. The molecule has 2 N–H and O–H groups in total. The lowest BCUT2D eigenvalue weighted by molar-refractivity contribution is -0.174. The molecule has 1 aromatic carbocycles. The van der Waals surface area contributed by atoms with E-state index < -0.39 is 24.7 Å². The lowest BCUT2D eigenvalue weighted by Gasteiger charge is -2.14. The van der Waals surface area contributed by atoms with Gasteiger partial charge < -0.3 is 15.2 Å². The molecular weight excluding hydrogens is 251 g/mol. The summed E-state index contributed by atoms with van der Waals surface area (Å²) in [6, 6.07) is 8.48. The second kappa shape index (κ2) is 6.25. The predicted octanol–water partition coefficient (Wildman–Crippen LogP) is 1.10. The number of alkyl halides is 3. The number of amides is 1. The third-order valence-electron chi connectivity index (χ3n) is 1.94. The molecule has 0 radical (unpaired) electrons. The molecular formula is C11H12F3NO3. The minimum atomic E-state index is -4.94. The van der Waals surface area contributed by atoms with Crippen LogP contribution in [0.15, 0.2) is 30.3 Å². The van der Waals surface area contributed by atoms with Crippen LogP contribution in [0.3, 0.4) is 0 Å². The van der Waals surface area contributed by atoms with Gasteiger partial charge in [0.15, 0.2) is 0 Å². The Bertz CT molecular complexity index is 381. The highest BCUT2D eigenvalue weighted by Crippen LogP contribution is 2.14. The summed E-state index contributed by atoms with van der Waals surface area (Å²) in [4.78, 5) is 10.5. The van der Waals surface area contributed by atoms with Gasteiger partial charge in [0.05, 0.1) is 0 Å². The van der Waals surface area contributed by atoms with Crippen LogP contribution < -0.4 is 10.1 Å². The Kier molecular flexibility index (Phi) is 4.96. The molecule has 0 saturated heterocycles. The summed E-state index contributed by atoms with van der Waals surface area (Å²) in [5, 5.41) is 10.9. The van der Waals surface area contributed by atoms with E-state index in [2.05, 4.69) is 0 Å². The normalized spacial score (nSPS) is 12.9. The molecule has 0 heterocycles. The molecule has 0 spiro atoms. The van der Waals surface area contributed by atoms with E-state index in [1.54, 1.807) is 35.6 Å². The van der Waals surface area contributed by atoms with E-state index in [0.29, 0.717) is 5.75 Å². The number of rotatable bonds is 5. The highest BCUT2D eigenvalue weighted by atomic mass is 19.4. The van der Waals surface area contributed by atoms with Crippen LogP contribution in [-0.4, -0.2) is 36.4 Å². The first kappa shape index (κ1) is 14.3. The first-order valence-corrected chi connectivity index (χ1v) is 5.10. The zero-order valence-corrected chi connectivity index (χ0v) is 9.28. The first-order valence-electron chi connectivity index (χ1n) is 5.10. The molecule has 4 nitrogen and oxygen atoms in total. The predicted molar refractivity (Wildman–Crippen MR) is 57.0 cm³/mol. The molecule has 7 heteroatoms. The average Bonchev–Trinajstić information content (AvgIpc) is 2.33. The second-order valence-electron chi connectivity index (χ2n) is 3.49. The zero-order valence-electron chi connectivity index (χ0n) is 9.28. The second-order valence-corrected chi connectivity index (χ2v) is 3.49. The fraction of sp³-hybridized carbons (Fsp3) is 0.364. The molecule has 18 heavy (non-hydrogen) atoms. The number of ether oxygens (including phenoxy) is 1. The van der Waals surface area contributed by atoms with Crippen LogP contribution in [0.2, 0.25) is 0 Å². The summed E-state index contributed by atoms with van der Waals surface area (Å²) < 4.78 is 40.6. The Hall–Kier alpha value is -1.76. The van der Waals surface area contributed by atoms with E-state index >= 15 is 0 Å². The van der Waals surface area contributed by atoms with Crippen molar-refractivity contribution in [3.05, 3.63) is 30.3 Å². The number of para-hydroxylation sites is 1. The highest BCUT2D eigenvalue weighted by molar-refractivity contribution is 5.81. The largest absolute Gasteiger partial charge is 0.491 e. The average molecular weight is 263 g/mol. The number of carbonyl (C=O) groups is 1. The van der Waals surface area contributed by atoms with E-state index in [1.165, 1.54) is 0 Å². The minimum Gasteiger partial charge on any atom is -0.491 e. The summed E-state index contributed by atoms with van der Waals surface area (Å²) in [6.07, 6.45) is -6.16. The van der Waals surface area contributed by atoms with Crippen molar-refractivity contribution >= 4 is 5.91 Å². The van der Waals surface area contributed by atoms with Gasteiger partial charge in [-0.1, -0.05) is 18.2 Å². The molecule has 0 aliphatic carbocycles. The summed E-state index contributed by atoms with van der Waals surface area (Å²) in [7, 11) is 0. The van der Waals surface area contributed by atoms with Gasteiger partial charge in [0.25, 0.3) is 0 Å². The van der Waals surface area contributed by atoms with Gasteiger partial charge >= 0.3 is 12.1 Å². The van der Waals surface area contributed by atoms with Crippen molar-refractivity contribution in [3.8, 4) is 5.75 Å². The van der Waals surface area contributed by atoms with Gasteiger partial charge in [-0.2, -0.15) is 13.2 Å². The molecule has 100 valence electrons. The van der Waals surface area contributed by atoms with Crippen LogP contribution in [-0.2, 0) is 4.79 Å². The molecule has 0 saturated carbocycles. The fourth-order valence-electron chi connectivity index (χ4n) is 1.08. The van der Waals surface area contributed by atoms with E-state index in [9.17, 15) is 23.1 Å². The van der Waals surface area contributed by atoms with Crippen LogP contribution in [0, 0.1) is 0 Å². The topological polar surface area (TPSA) is 58.6 Å². The van der Waals surface area contributed by atoms with Gasteiger partial charge in [-0.3, -0.25) is 4.79 Å². The molecule has 0 aliphatic rings. The molecule has 1 aromatic rings.